The molecule has 2 aromatic heterocycles. The van der Waals surface area contributed by atoms with E-state index in [2.05, 4.69) is 42.2 Å². The highest BCUT2D eigenvalue weighted by Crippen LogP contribution is 2.36. The molecule has 0 aliphatic heterocycles. The topological polar surface area (TPSA) is 115 Å². The van der Waals surface area contributed by atoms with Gasteiger partial charge in [-0.1, -0.05) is 89.4 Å². The van der Waals surface area contributed by atoms with E-state index in [4.69, 9.17) is 33.4 Å². The lowest BCUT2D eigenvalue weighted by atomic mass is 9.80. The van der Waals surface area contributed by atoms with Crippen molar-refractivity contribution in [3.63, 3.8) is 0 Å². The van der Waals surface area contributed by atoms with Crippen LogP contribution < -0.4 is 5.46 Å². The Morgan fingerprint density at radius 3 is 1.60 bits per heavy atom. The first-order valence-electron chi connectivity index (χ1n) is 12.5. The number of aliphatic hydroxyl groups excluding tert-OH is 2. The molecular formula is C28H32BIN4O4S2. The Morgan fingerprint density at radius 2 is 1.23 bits per heavy atom. The number of aromatic nitrogens is 2. The average molecular weight is 690 g/mol. The van der Waals surface area contributed by atoms with Crippen LogP contribution in [0.4, 0.5) is 11.6 Å². The highest BCUT2D eigenvalue weighted by molar-refractivity contribution is 14.1. The second-order valence-electron chi connectivity index (χ2n) is 7.52. The molecular weight excluding hydrogens is 658 g/mol. The molecule has 0 radical (unpaired) electrons. The summed E-state index contributed by atoms with van der Waals surface area (Å²) in [5, 5.41) is 37.0. The average Bonchev–Trinajstić information content (AvgIpc) is 3.61. The van der Waals surface area contributed by atoms with Gasteiger partial charge in [0.05, 0.1) is 21.0 Å². The molecule has 2 aromatic carbocycles. The van der Waals surface area contributed by atoms with Crippen molar-refractivity contribution in [3.8, 4) is 10.4 Å². The molecule has 0 atom stereocenters. The van der Waals surface area contributed by atoms with Crippen molar-refractivity contribution in [2.24, 2.45) is 0 Å². The summed E-state index contributed by atoms with van der Waals surface area (Å²) in [7, 11) is -1.43. The number of benzene rings is 2. The van der Waals surface area contributed by atoms with E-state index in [9.17, 15) is 0 Å². The van der Waals surface area contributed by atoms with Crippen LogP contribution in [-0.4, -0.2) is 37.3 Å². The fourth-order valence-electron chi connectivity index (χ4n) is 2.88. The molecule has 0 bridgehead atoms. The van der Waals surface area contributed by atoms with Crippen LogP contribution in [0.2, 0.25) is 0 Å². The maximum absolute atomic E-state index is 8.98. The SMILES string of the molecule is CC.OCc1ccc(B(O)O)cc1.[C-]#[N+]c1nc(CC)sc1-c1ccc(CO)cc1.[C-]#[N+]c1nc(CC)sc1I. The fraction of sp³-hybridized carbons (Fsp3) is 0.286. The van der Waals surface area contributed by atoms with Gasteiger partial charge in [-0.15, -0.1) is 32.6 Å². The third kappa shape index (κ3) is 11.1. The van der Waals surface area contributed by atoms with E-state index in [0.717, 1.165) is 47.3 Å². The normalized spacial score (nSPS) is 9.47. The molecule has 210 valence electrons. The van der Waals surface area contributed by atoms with Gasteiger partial charge in [0.25, 0.3) is 11.6 Å². The largest absolute Gasteiger partial charge is 0.488 e. The lowest BCUT2D eigenvalue weighted by Crippen LogP contribution is -2.29. The Hall–Kier alpha value is -2.69. The summed E-state index contributed by atoms with van der Waals surface area (Å²) < 4.78 is 1.00. The smallest absolute Gasteiger partial charge is 0.423 e. The summed E-state index contributed by atoms with van der Waals surface area (Å²) in [6, 6.07) is 14.0. The molecule has 0 unspecified atom stereocenters. The molecule has 12 heteroatoms. The number of aliphatic hydroxyl groups is 2. The number of aryl methyl sites for hydroxylation is 2. The molecule has 0 saturated heterocycles. The summed E-state index contributed by atoms with van der Waals surface area (Å²) in [5.41, 5.74) is 3.06. The van der Waals surface area contributed by atoms with Crippen LogP contribution in [-0.2, 0) is 26.1 Å². The predicted molar refractivity (Wildman–Crippen MR) is 173 cm³/mol. The van der Waals surface area contributed by atoms with E-state index in [1.165, 1.54) is 0 Å². The molecule has 4 aromatic rings. The maximum Gasteiger partial charge on any atom is 0.488 e. The van der Waals surface area contributed by atoms with Crippen molar-refractivity contribution in [2.45, 2.75) is 53.8 Å². The number of hydrogen-bond acceptors (Lipinski definition) is 8. The number of nitrogens with zero attached hydrogens (tertiary/aromatic N) is 4. The molecule has 4 rings (SSSR count). The second kappa shape index (κ2) is 19.4. The van der Waals surface area contributed by atoms with Crippen LogP contribution in [0.25, 0.3) is 20.1 Å². The van der Waals surface area contributed by atoms with Gasteiger partial charge in [0.1, 0.15) is 0 Å². The summed E-state index contributed by atoms with van der Waals surface area (Å²) in [5.74, 6) is 1.03. The minimum atomic E-state index is -1.43. The first-order chi connectivity index (χ1) is 19.3. The van der Waals surface area contributed by atoms with Crippen molar-refractivity contribution in [1.29, 1.82) is 0 Å². The molecule has 8 nitrogen and oxygen atoms in total. The van der Waals surface area contributed by atoms with E-state index in [-0.39, 0.29) is 13.2 Å². The summed E-state index contributed by atoms with van der Waals surface area (Å²) in [4.78, 5) is 16.0. The first kappa shape index (κ1) is 35.3. The summed E-state index contributed by atoms with van der Waals surface area (Å²) in [6.07, 6.45) is 1.78. The van der Waals surface area contributed by atoms with E-state index < -0.39 is 7.12 Å². The molecule has 0 saturated carbocycles. The molecule has 0 spiro atoms. The highest BCUT2D eigenvalue weighted by atomic mass is 127. The van der Waals surface area contributed by atoms with Gasteiger partial charge in [-0.3, -0.25) is 0 Å². The lowest BCUT2D eigenvalue weighted by Gasteiger charge is -1.99. The quantitative estimate of drug-likeness (QED) is 0.110. The minimum Gasteiger partial charge on any atom is -0.423 e. The van der Waals surface area contributed by atoms with Crippen LogP contribution in [0.3, 0.4) is 0 Å². The Bertz CT molecular complexity index is 1380. The summed E-state index contributed by atoms with van der Waals surface area (Å²) in [6.45, 7) is 22.0. The maximum atomic E-state index is 8.98. The van der Waals surface area contributed by atoms with E-state index in [1.54, 1.807) is 46.9 Å². The molecule has 0 amide bonds. The van der Waals surface area contributed by atoms with Crippen LogP contribution in [0.5, 0.6) is 0 Å². The number of rotatable bonds is 6. The second-order valence-corrected chi connectivity index (χ2v) is 11.5. The minimum absolute atomic E-state index is 0.0260. The van der Waals surface area contributed by atoms with E-state index in [1.807, 2.05) is 52.0 Å². The molecule has 0 aliphatic rings. The van der Waals surface area contributed by atoms with Crippen molar-refractivity contribution >= 4 is 69.5 Å². The van der Waals surface area contributed by atoms with Crippen LogP contribution >= 0.6 is 45.3 Å². The van der Waals surface area contributed by atoms with Gasteiger partial charge in [0.2, 0.25) is 0 Å². The lowest BCUT2D eigenvalue weighted by molar-refractivity contribution is 0.281. The zero-order chi connectivity index (χ0) is 30.1. The number of halogens is 1. The Morgan fingerprint density at radius 1 is 0.775 bits per heavy atom. The van der Waals surface area contributed by atoms with E-state index in [0.29, 0.717) is 17.1 Å². The Labute approximate surface area is 258 Å². The molecule has 0 fully saturated rings. The van der Waals surface area contributed by atoms with Crippen molar-refractivity contribution < 1.29 is 20.3 Å². The van der Waals surface area contributed by atoms with Gasteiger partial charge < -0.3 is 30.0 Å². The number of hydrogen-bond donors (Lipinski definition) is 4. The van der Waals surface area contributed by atoms with Crippen molar-refractivity contribution in [3.05, 3.63) is 95.4 Å². The van der Waals surface area contributed by atoms with Gasteiger partial charge in [0.15, 0.2) is 10.0 Å². The third-order valence-corrected chi connectivity index (χ3v) is 8.30. The summed E-state index contributed by atoms with van der Waals surface area (Å²) >= 11 is 5.31. The van der Waals surface area contributed by atoms with Gasteiger partial charge in [-0.05, 0) is 44.7 Å². The van der Waals surface area contributed by atoms with Gasteiger partial charge in [-0.2, -0.15) is 0 Å². The standard InChI is InChI=1S/C13H12N2OS.C7H9BO3.C6H5IN2S.C2H6/c1-3-11-15-13(14-2)12(17-11)10-6-4-9(8-16)5-7-10;9-5-6-1-3-7(4-2-6)8(10)11;1-3-4-9-6(8-2)5(7)10-4;1-2/h4-7,16H,3,8H2,1H3;1-4,9-11H,5H2;3H2,1H3;1-2H3. The van der Waals surface area contributed by atoms with Gasteiger partial charge in [-0.25, -0.2) is 0 Å². The first-order valence-corrected chi connectivity index (χ1v) is 15.2. The third-order valence-electron chi connectivity index (χ3n) is 4.94. The van der Waals surface area contributed by atoms with Crippen LogP contribution in [0.15, 0.2) is 48.5 Å². The monoisotopic (exact) mass is 690 g/mol. The molecule has 4 N–H and O–H groups in total. The molecule has 2 heterocycles. The van der Waals surface area contributed by atoms with Crippen LogP contribution in [0.1, 0.15) is 48.8 Å². The predicted octanol–water partition coefficient (Wildman–Crippen LogP) is 6.16. The van der Waals surface area contributed by atoms with Gasteiger partial charge in [0, 0.05) is 12.8 Å². The Balaban J connectivity index is 0.000000304. The molecule has 40 heavy (non-hydrogen) atoms. The van der Waals surface area contributed by atoms with Crippen molar-refractivity contribution in [1.82, 2.24) is 9.97 Å². The zero-order valence-electron chi connectivity index (χ0n) is 22.8. The van der Waals surface area contributed by atoms with Crippen LogP contribution in [0, 0.1) is 16.0 Å². The fourth-order valence-corrected chi connectivity index (χ4v) is 5.50. The van der Waals surface area contributed by atoms with Crippen molar-refractivity contribution in [2.75, 3.05) is 0 Å². The van der Waals surface area contributed by atoms with Gasteiger partial charge >= 0.3 is 7.12 Å². The Kier molecular flexibility index (Phi) is 17.1. The zero-order valence-corrected chi connectivity index (χ0v) is 26.6. The number of thiazole rings is 2. The van der Waals surface area contributed by atoms with E-state index >= 15 is 0 Å². The highest BCUT2D eigenvalue weighted by Gasteiger charge is 2.14. The molecule has 0 aliphatic carbocycles.